The van der Waals surface area contributed by atoms with Crippen LogP contribution in [0.25, 0.3) is 0 Å². The van der Waals surface area contributed by atoms with Crippen molar-refractivity contribution in [3.63, 3.8) is 0 Å². The van der Waals surface area contributed by atoms with Crippen molar-refractivity contribution in [2.24, 2.45) is 5.73 Å². The molecule has 1 heterocycles. The molecule has 0 bridgehead atoms. The summed E-state index contributed by atoms with van der Waals surface area (Å²) in [6, 6.07) is 8.05. The van der Waals surface area contributed by atoms with E-state index >= 15 is 0 Å². The van der Waals surface area contributed by atoms with Crippen molar-refractivity contribution in [3.8, 4) is 0 Å². The van der Waals surface area contributed by atoms with Crippen LogP contribution in [0.3, 0.4) is 0 Å². The smallest absolute Gasteiger partial charge is 0.255 e. The molecule has 6 nitrogen and oxygen atoms in total. The van der Waals surface area contributed by atoms with E-state index in [-0.39, 0.29) is 11.4 Å². The standard InChI is InChI=1S/C17H22N4O2/c1-11-13(10-19-21(11)17(2,3)4)16(23)20-14(15(18)22)12-8-6-5-7-9-12/h5-10,14H,1-4H3,(H2,18,22)(H,20,23). The highest BCUT2D eigenvalue weighted by Gasteiger charge is 2.25. The Balaban J connectivity index is 2.27. The molecule has 1 unspecified atom stereocenters. The highest BCUT2D eigenvalue weighted by Crippen LogP contribution is 2.19. The number of carbonyl (C=O) groups is 2. The largest absolute Gasteiger partial charge is 0.368 e. The predicted molar refractivity (Wildman–Crippen MR) is 87.8 cm³/mol. The minimum absolute atomic E-state index is 0.231. The molecule has 0 aliphatic carbocycles. The predicted octanol–water partition coefficient (Wildman–Crippen LogP) is 1.90. The molecule has 1 aromatic carbocycles. The minimum atomic E-state index is -0.874. The van der Waals surface area contributed by atoms with E-state index in [2.05, 4.69) is 10.4 Å². The Morgan fingerprint density at radius 1 is 1.22 bits per heavy atom. The van der Waals surface area contributed by atoms with Gasteiger partial charge in [-0.1, -0.05) is 30.3 Å². The van der Waals surface area contributed by atoms with E-state index in [0.717, 1.165) is 5.69 Å². The summed E-state index contributed by atoms with van der Waals surface area (Å²) < 4.78 is 1.78. The zero-order valence-corrected chi connectivity index (χ0v) is 13.8. The van der Waals surface area contributed by atoms with Crippen molar-refractivity contribution in [3.05, 3.63) is 53.3 Å². The van der Waals surface area contributed by atoms with Gasteiger partial charge in [0.25, 0.3) is 5.91 Å². The Hall–Kier alpha value is -2.63. The Kier molecular flexibility index (Phi) is 4.54. The number of amides is 2. The molecule has 0 fully saturated rings. The molecule has 2 rings (SSSR count). The Morgan fingerprint density at radius 3 is 2.30 bits per heavy atom. The summed E-state index contributed by atoms with van der Waals surface area (Å²) in [5.41, 5.74) is 7.02. The van der Waals surface area contributed by atoms with Gasteiger partial charge in [0, 0.05) is 5.69 Å². The Morgan fingerprint density at radius 2 is 1.83 bits per heavy atom. The molecule has 0 aliphatic heterocycles. The number of benzene rings is 1. The first-order valence-corrected chi connectivity index (χ1v) is 7.42. The molecule has 0 saturated carbocycles. The van der Waals surface area contributed by atoms with E-state index in [1.165, 1.54) is 6.20 Å². The summed E-state index contributed by atoms with van der Waals surface area (Å²) in [7, 11) is 0. The van der Waals surface area contributed by atoms with Gasteiger partial charge in [0.1, 0.15) is 6.04 Å². The van der Waals surface area contributed by atoms with Crippen molar-refractivity contribution in [2.75, 3.05) is 0 Å². The van der Waals surface area contributed by atoms with E-state index in [9.17, 15) is 9.59 Å². The van der Waals surface area contributed by atoms with Crippen LogP contribution in [0.5, 0.6) is 0 Å². The van der Waals surface area contributed by atoms with Crippen molar-refractivity contribution < 1.29 is 9.59 Å². The molecule has 2 amide bonds. The average molecular weight is 314 g/mol. The number of aromatic nitrogens is 2. The topological polar surface area (TPSA) is 90.0 Å². The highest BCUT2D eigenvalue weighted by atomic mass is 16.2. The van der Waals surface area contributed by atoms with Gasteiger partial charge in [-0.15, -0.1) is 0 Å². The molecule has 0 saturated heterocycles. The molecule has 0 aliphatic rings. The monoisotopic (exact) mass is 314 g/mol. The maximum atomic E-state index is 12.5. The average Bonchev–Trinajstić information content (AvgIpc) is 2.87. The van der Waals surface area contributed by atoms with E-state index in [0.29, 0.717) is 11.1 Å². The molecule has 0 radical (unpaired) electrons. The summed E-state index contributed by atoms with van der Waals surface area (Å²) in [5, 5.41) is 6.96. The molecule has 1 aromatic heterocycles. The SMILES string of the molecule is Cc1c(C(=O)NC(C(N)=O)c2ccccc2)cnn1C(C)(C)C. The lowest BCUT2D eigenvalue weighted by molar-refractivity contribution is -0.120. The molecule has 122 valence electrons. The maximum Gasteiger partial charge on any atom is 0.255 e. The number of nitrogens with two attached hydrogens (primary N) is 1. The van der Waals surface area contributed by atoms with Gasteiger partial charge in [-0.2, -0.15) is 5.10 Å². The number of rotatable bonds is 4. The lowest BCUT2D eigenvalue weighted by atomic mass is 10.1. The number of hydrogen-bond acceptors (Lipinski definition) is 3. The molecule has 6 heteroatoms. The molecule has 3 N–H and O–H groups in total. The van der Waals surface area contributed by atoms with Crippen LogP contribution in [-0.4, -0.2) is 21.6 Å². The molecule has 0 spiro atoms. The summed E-state index contributed by atoms with van der Waals surface area (Å²) in [4.78, 5) is 24.2. The zero-order valence-electron chi connectivity index (χ0n) is 13.8. The number of hydrogen-bond donors (Lipinski definition) is 2. The third kappa shape index (κ3) is 3.59. The summed E-state index contributed by atoms with van der Waals surface area (Å²) >= 11 is 0. The van der Waals surface area contributed by atoms with E-state index in [4.69, 9.17) is 5.73 Å². The number of nitrogens with zero attached hydrogens (tertiary/aromatic N) is 2. The van der Waals surface area contributed by atoms with Crippen LogP contribution in [0.4, 0.5) is 0 Å². The fourth-order valence-electron chi connectivity index (χ4n) is 2.48. The van der Waals surface area contributed by atoms with Crippen LogP contribution in [-0.2, 0) is 10.3 Å². The number of carbonyl (C=O) groups excluding carboxylic acids is 2. The second-order valence-corrected chi connectivity index (χ2v) is 6.45. The van der Waals surface area contributed by atoms with Gasteiger partial charge in [-0.3, -0.25) is 14.3 Å². The van der Waals surface area contributed by atoms with Gasteiger partial charge in [-0.05, 0) is 33.3 Å². The minimum Gasteiger partial charge on any atom is -0.368 e. The van der Waals surface area contributed by atoms with Crippen molar-refractivity contribution in [2.45, 2.75) is 39.3 Å². The first-order chi connectivity index (χ1) is 10.7. The van der Waals surface area contributed by atoms with Gasteiger partial charge in [0.2, 0.25) is 5.91 Å². The number of primary amides is 1. The molecular formula is C17H22N4O2. The van der Waals surface area contributed by atoms with Gasteiger partial charge in [0.15, 0.2) is 0 Å². The Labute approximate surface area is 135 Å². The maximum absolute atomic E-state index is 12.5. The zero-order chi connectivity index (χ0) is 17.2. The van der Waals surface area contributed by atoms with Gasteiger partial charge in [-0.25, -0.2) is 0 Å². The molecule has 2 aromatic rings. The van der Waals surface area contributed by atoms with Gasteiger partial charge >= 0.3 is 0 Å². The third-order valence-corrected chi connectivity index (χ3v) is 3.58. The lowest BCUT2D eigenvalue weighted by Crippen LogP contribution is -2.37. The Bertz CT molecular complexity index is 714. The fourth-order valence-corrected chi connectivity index (χ4v) is 2.48. The summed E-state index contributed by atoms with van der Waals surface area (Å²) in [6.45, 7) is 7.84. The van der Waals surface area contributed by atoms with Crippen LogP contribution in [0, 0.1) is 6.92 Å². The van der Waals surface area contributed by atoms with Gasteiger partial charge in [0.05, 0.1) is 17.3 Å². The summed E-state index contributed by atoms with van der Waals surface area (Å²) in [6.07, 6.45) is 1.51. The van der Waals surface area contributed by atoms with Crippen LogP contribution in [0.1, 0.15) is 48.4 Å². The van der Waals surface area contributed by atoms with Gasteiger partial charge < -0.3 is 11.1 Å². The van der Waals surface area contributed by atoms with Crippen molar-refractivity contribution in [1.29, 1.82) is 0 Å². The van der Waals surface area contributed by atoms with E-state index < -0.39 is 11.9 Å². The van der Waals surface area contributed by atoms with E-state index in [1.54, 1.807) is 28.9 Å². The second kappa shape index (κ2) is 6.24. The van der Waals surface area contributed by atoms with Crippen molar-refractivity contribution in [1.82, 2.24) is 15.1 Å². The molecule has 1 atom stereocenters. The van der Waals surface area contributed by atoms with Crippen LogP contribution >= 0.6 is 0 Å². The summed E-state index contributed by atoms with van der Waals surface area (Å²) in [5.74, 6) is -0.976. The third-order valence-electron chi connectivity index (χ3n) is 3.58. The van der Waals surface area contributed by atoms with E-state index in [1.807, 2.05) is 33.8 Å². The first-order valence-electron chi connectivity index (χ1n) is 7.42. The van der Waals surface area contributed by atoms with Crippen LogP contribution < -0.4 is 11.1 Å². The molecular weight excluding hydrogens is 292 g/mol. The second-order valence-electron chi connectivity index (χ2n) is 6.45. The van der Waals surface area contributed by atoms with Crippen molar-refractivity contribution >= 4 is 11.8 Å². The van der Waals surface area contributed by atoms with Crippen LogP contribution in [0.15, 0.2) is 36.5 Å². The highest BCUT2D eigenvalue weighted by molar-refractivity contribution is 5.98. The lowest BCUT2D eigenvalue weighted by Gasteiger charge is -2.21. The fraction of sp³-hybridized carbons (Fsp3) is 0.353. The normalized spacial score (nSPS) is 12.7. The van der Waals surface area contributed by atoms with Crippen LogP contribution in [0.2, 0.25) is 0 Å². The number of nitrogens with one attached hydrogen (secondary N) is 1. The first kappa shape index (κ1) is 16.7. The quantitative estimate of drug-likeness (QED) is 0.903. The molecule has 23 heavy (non-hydrogen) atoms.